The number of amides is 1. The molecule has 0 bridgehead atoms. The van der Waals surface area contributed by atoms with E-state index in [9.17, 15) is 19.8 Å². The number of rotatable bonds is 8. The standard InChI is InChI=1S/C34H33N3O5/c1-42-30-7-3-5-28-32(30)36-31-27(33(28)40)4-2-6-29(31)34(41)35-26-10-8-21(9-11-26)12-14-37-15-13-22-16-24(19-38)25(20-39)17-23(22)18-37/h2-11,16-17,38-39H,12-15,18-20H2,1H3,(H,35,41)(H,36,40). The molecule has 0 unspecified atom stereocenters. The zero-order valence-corrected chi connectivity index (χ0v) is 23.4. The maximum atomic E-state index is 13.3. The van der Waals surface area contributed by atoms with Gasteiger partial charge in [0.15, 0.2) is 5.43 Å². The molecule has 0 radical (unpaired) electrons. The van der Waals surface area contributed by atoms with Gasteiger partial charge in [-0.2, -0.15) is 0 Å². The van der Waals surface area contributed by atoms with Gasteiger partial charge in [0, 0.05) is 36.1 Å². The number of aliphatic hydroxyl groups is 2. The molecule has 1 aliphatic rings. The van der Waals surface area contributed by atoms with Crippen LogP contribution < -0.4 is 15.5 Å². The highest BCUT2D eigenvalue weighted by molar-refractivity contribution is 6.13. The Morgan fingerprint density at radius 3 is 2.33 bits per heavy atom. The molecule has 1 aliphatic heterocycles. The van der Waals surface area contributed by atoms with E-state index < -0.39 is 0 Å². The van der Waals surface area contributed by atoms with E-state index in [1.54, 1.807) is 43.5 Å². The number of nitrogens with zero attached hydrogens (tertiary/aromatic N) is 1. The predicted octanol–water partition coefficient (Wildman–Crippen LogP) is 4.53. The molecular formula is C34H33N3O5. The van der Waals surface area contributed by atoms with Gasteiger partial charge in [-0.3, -0.25) is 14.5 Å². The van der Waals surface area contributed by atoms with Gasteiger partial charge in [-0.1, -0.05) is 36.4 Å². The molecule has 0 saturated heterocycles. The number of benzene rings is 4. The van der Waals surface area contributed by atoms with Crippen LogP contribution in [0.4, 0.5) is 5.69 Å². The average Bonchev–Trinajstić information content (AvgIpc) is 3.03. The van der Waals surface area contributed by atoms with Gasteiger partial charge in [0.1, 0.15) is 5.75 Å². The normalized spacial score (nSPS) is 13.3. The lowest BCUT2D eigenvalue weighted by Crippen LogP contribution is -2.32. The molecule has 0 aliphatic carbocycles. The first-order valence-electron chi connectivity index (χ1n) is 14.1. The molecule has 0 fully saturated rings. The third kappa shape index (κ3) is 5.27. The number of para-hydroxylation sites is 2. The van der Waals surface area contributed by atoms with E-state index in [2.05, 4.69) is 15.2 Å². The van der Waals surface area contributed by atoms with Gasteiger partial charge in [-0.25, -0.2) is 0 Å². The molecule has 0 atom stereocenters. The van der Waals surface area contributed by atoms with E-state index in [1.807, 2.05) is 36.4 Å². The number of aromatic nitrogens is 1. The van der Waals surface area contributed by atoms with Crippen LogP contribution in [0.15, 0.2) is 77.6 Å². The van der Waals surface area contributed by atoms with Crippen LogP contribution in [0, 0.1) is 0 Å². The average molecular weight is 564 g/mol. The summed E-state index contributed by atoms with van der Waals surface area (Å²) in [5, 5.41) is 23.2. The Balaban J connectivity index is 1.14. The highest BCUT2D eigenvalue weighted by atomic mass is 16.5. The van der Waals surface area contributed by atoms with E-state index in [4.69, 9.17) is 4.74 Å². The Bertz CT molecular complexity index is 1850. The molecule has 5 aromatic rings. The molecule has 214 valence electrons. The van der Waals surface area contributed by atoms with Gasteiger partial charge in [0.05, 0.1) is 36.9 Å². The lowest BCUT2D eigenvalue weighted by Gasteiger charge is -2.29. The highest BCUT2D eigenvalue weighted by Gasteiger charge is 2.19. The Morgan fingerprint density at radius 1 is 0.929 bits per heavy atom. The largest absolute Gasteiger partial charge is 0.495 e. The molecule has 8 nitrogen and oxygen atoms in total. The summed E-state index contributed by atoms with van der Waals surface area (Å²) in [6.45, 7) is 2.52. The third-order valence-electron chi connectivity index (χ3n) is 8.18. The summed E-state index contributed by atoms with van der Waals surface area (Å²) in [5.74, 6) is 0.230. The molecular weight excluding hydrogens is 530 g/mol. The Hall–Kier alpha value is -4.50. The number of anilines is 1. The van der Waals surface area contributed by atoms with Crippen LogP contribution >= 0.6 is 0 Å². The first-order chi connectivity index (χ1) is 20.5. The SMILES string of the molecule is COc1cccc2c(=O)c3cccc(C(=O)Nc4ccc(CCN5CCc6cc(CO)c(CO)cc6C5)cc4)c3[nH]c12. The first kappa shape index (κ1) is 27.7. The molecule has 8 heteroatoms. The molecule has 6 rings (SSSR count). The molecule has 42 heavy (non-hydrogen) atoms. The van der Waals surface area contributed by atoms with Crippen molar-refractivity contribution in [1.29, 1.82) is 0 Å². The van der Waals surface area contributed by atoms with E-state index in [0.717, 1.165) is 43.6 Å². The minimum Gasteiger partial charge on any atom is -0.495 e. The van der Waals surface area contributed by atoms with Crippen LogP contribution in [0.3, 0.4) is 0 Å². The van der Waals surface area contributed by atoms with Crippen LogP contribution in [-0.4, -0.2) is 46.2 Å². The van der Waals surface area contributed by atoms with Crippen molar-refractivity contribution in [2.45, 2.75) is 32.6 Å². The molecule has 2 heterocycles. The fourth-order valence-electron chi connectivity index (χ4n) is 5.85. The van der Waals surface area contributed by atoms with Crippen molar-refractivity contribution in [2.75, 3.05) is 25.5 Å². The lowest BCUT2D eigenvalue weighted by molar-refractivity contribution is 0.102. The Labute approximate surface area is 243 Å². The summed E-state index contributed by atoms with van der Waals surface area (Å²) < 4.78 is 5.44. The second kappa shape index (κ2) is 11.8. The third-order valence-corrected chi connectivity index (χ3v) is 8.18. The maximum Gasteiger partial charge on any atom is 0.257 e. The summed E-state index contributed by atoms with van der Waals surface area (Å²) >= 11 is 0. The highest BCUT2D eigenvalue weighted by Crippen LogP contribution is 2.27. The number of carbonyl (C=O) groups excluding carboxylic acids is 1. The molecule has 1 aromatic heterocycles. The number of hydrogen-bond acceptors (Lipinski definition) is 6. The van der Waals surface area contributed by atoms with Gasteiger partial charge in [-0.05, 0) is 77.1 Å². The molecule has 4 N–H and O–H groups in total. The topological polar surface area (TPSA) is 115 Å². The number of fused-ring (bicyclic) bond motifs is 3. The van der Waals surface area contributed by atoms with Crippen molar-refractivity contribution >= 4 is 33.4 Å². The van der Waals surface area contributed by atoms with Gasteiger partial charge >= 0.3 is 0 Å². The van der Waals surface area contributed by atoms with Crippen LogP contribution in [0.1, 0.15) is 38.2 Å². The first-order valence-corrected chi connectivity index (χ1v) is 14.1. The second-order valence-electron chi connectivity index (χ2n) is 10.7. The zero-order chi connectivity index (χ0) is 29.2. The van der Waals surface area contributed by atoms with Crippen molar-refractivity contribution < 1.29 is 19.7 Å². The quantitative estimate of drug-likeness (QED) is 0.206. The molecule has 4 aromatic carbocycles. The Morgan fingerprint density at radius 2 is 1.62 bits per heavy atom. The van der Waals surface area contributed by atoms with Crippen molar-refractivity contribution in [1.82, 2.24) is 9.88 Å². The van der Waals surface area contributed by atoms with Crippen LogP contribution in [-0.2, 0) is 32.6 Å². The summed E-state index contributed by atoms with van der Waals surface area (Å²) in [6, 6.07) is 22.3. The number of H-pyrrole nitrogens is 1. The van der Waals surface area contributed by atoms with Gasteiger partial charge in [0.25, 0.3) is 5.91 Å². The summed E-state index contributed by atoms with van der Waals surface area (Å²) in [4.78, 5) is 32.2. The van der Waals surface area contributed by atoms with Crippen molar-refractivity contribution in [2.24, 2.45) is 0 Å². The number of hydrogen-bond donors (Lipinski definition) is 4. The van der Waals surface area contributed by atoms with Crippen molar-refractivity contribution in [3.05, 3.63) is 116 Å². The number of aromatic amines is 1. The number of ether oxygens (including phenoxy) is 1. The summed E-state index contributed by atoms with van der Waals surface area (Å²) in [6.07, 6.45) is 1.78. The van der Waals surface area contributed by atoms with E-state index in [-0.39, 0.29) is 24.5 Å². The van der Waals surface area contributed by atoms with Crippen molar-refractivity contribution in [3.63, 3.8) is 0 Å². The van der Waals surface area contributed by atoms with Crippen LogP contribution in [0.2, 0.25) is 0 Å². The van der Waals surface area contributed by atoms with E-state index in [1.165, 1.54) is 16.7 Å². The maximum absolute atomic E-state index is 13.3. The number of methoxy groups -OCH3 is 1. The van der Waals surface area contributed by atoms with Gasteiger partial charge in [-0.15, -0.1) is 0 Å². The number of aliphatic hydroxyl groups excluding tert-OH is 2. The summed E-state index contributed by atoms with van der Waals surface area (Å²) in [7, 11) is 1.55. The predicted molar refractivity (Wildman–Crippen MR) is 164 cm³/mol. The smallest absolute Gasteiger partial charge is 0.257 e. The Kier molecular flexibility index (Phi) is 7.75. The van der Waals surface area contributed by atoms with Crippen LogP contribution in [0.25, 0.3) is 21.8 Å². The van der Waals surface area contributed by atoms with Crippen molar-refractivity contribution in [3.8, 4) is 5.75 Å². The number of pyridine rings is 1. The fraction of sp³-hybridized carbons (Fsp3) is 0.235. The number of carbonyl (C=O) groups is 1. The molecule has 1 amide bonds. The number of nitrogens with one attached hydrogen (secondary N) is 2. The fourth-order valence-corrected chi connectivity index (χ4v) is 5.85. The minimum absolute atomic E-state index is 0.0583. The monoisotopic (exact) mass is 563 g/mol. The van der Waals surface area contributed by atoms with Gasteiger partial charge < -0.3 is 25.3 Å². The van der Waals surface area contributed by atoms with E-state index >= 15 is 0 Å². The zero-order valence-electron chi connectivity index (χ0n) is 23.4. The van der Waals surface area contributed by atoms with E-state index in [0.29, 0.717) is 38.8 Å². The van der Waals surface area contributed by atoms with Gasteiger partial charge in [0.2, 0.25) is 0 Å². The van der Waals surface area contributed by atoms with Crippen LogP contribution in [0.5, 0.6) is 5.75 Å². The molecule has 0 saturated carbocycles. The lowest BCUT2D eigenvalue weighted by atomic mass is 9.93. The molecule has 0 spiro atoms. The second-order valence-corrected chi connectivity index (χ2v) is 10.7. The summed E-state index contributed by atoms with van der Waals surface area (Å²) in [5.41, 5.74) is 7.14. The minimum atomic E-state index is -0.308.